The summed E-state index contributed by atoms with van der Waals surface area (Å²) in [7, 11) is 0. The molecule has 4 heteroatoms. The molecule has 0 atom stereocenters. The van der Waals surface area contributed by atoms with Crippen LogP contribution in [0.2, 0.25) is 0 Å². The summed E-state index contributed by atoms with van der Waals surface area (Å²) in [5.41, 5.74) is 0.464. The molecule has 1 aliphatic rings. The van der Waals surface area contributed by atoms with E-state index in [1.165, 1.54) is 19.2 Å². The van der Waals surface area contributed by atoms with Crippen LogP contribution in [0.25, 0.3) is 0 Å². The predicted molar refractivity (Wildman–Crippen MR) is 47.8 cm³/mol. The van der Waals surface area contributed by atoms with Crippen LogP contribution < -0.4 is 0 Å². The van der Waals surface area contributed by atoms with Gasteiger partial charge in [-0.05, 0) is 13.0 Å². The fourth-order valence-corrected chi connectivity index (χ4v) is 1.41. The van der Waals surface area contributed by atoms with E-state index in [-0.39, 0.29) is 17.3 Å². The van der Waals surface area contributed by atoms with Crippen LogP contribution in [0.4, 0.5) is 4.39 Å². The second-order valence-corrected chi connectivity index (χ2v) is 3.35. The minimum Gasteiger partial charge on any atom is -0.380 e. The van der Waals surface area contributed by atoms with Gasteiger partial charge in [0.1, 0.15) is 0 Å². The number of ether oxygens (including phenoxy) is 1. The van der Waals surface area contributed by atoms with E-state index >= 15 is 0 Å². The van der Waals surface area contributed by atoms with Crippen LogP contribution in [0, 0.1) is 5.82 Å². The Hall–Kier alpha value is -1.29. The second-order valence-electron chi connectivity index (χ2n) is 3.35. The lowest BCUT2D eigenvalue weighted by Gasteiger charge is -2.25. The summed E-state index contributed by atoms with van der Waals surface area (Å²) < 4.78 is 18.6. The minimum absolute atomic E-state index is 0.00861. The van der Waals surface area contributed by atoms with Gasteiger partial charge in [0.05, 0.1) is 30.4 Å². The summed E-state index contributed by atoms with van der Waals surface area (Å²) in [6, 6.07) is 1.40. The van der Waals surface area contributed by atoms with Gasteiger partial charge in [-0.2, -0.15) is 0 Å². The topological polar surface area (TPSA) is 39.2 Å². The van der Waals surface area contributed by atoms with E-state index in [1.807, 2.05) is 0 Å². The molecule has 74 valence electrons. The van der Waals surface area contributed by atoms with Gasteiger partial charge in [-0.3, -0.25) is 9.78 Å². The number of ketones is 1. The van der Waals surface area contributed by atoms with E-state index in [9.17, 15) is 9.18 Å². The predicted octanol–water partition coefficient (Wildman–Crippen LogP) is 1.54. The summed E-state index contributed by atoms with van der Waals surface area (Å²) in [6.45, 7) is 2.33. The van der Waals surface area contributed by atoms with E-state index in [2.05, 4.69) is 4.98 Å². The SMILES string of the molecule is CC(=O)c1ccnc(C2COC2)c1F. The van der Waals surface area contributed by atoms with Crippen molar-refractivity contribution in [2.45, 2.75) is 12.8 Å². The van der Waals surface area contributed by atoms with Crippen molar-refractivity contribution in [3.05, 3.63) is 29.3 Å². The first-order chi connectivity index (χ1) is 6.70. The Kier molecular flexibility index (Phi) is 2.29. The average Bonchev–Trinajstić information content (AvgIpc) is 2.04. The van der Waals surface area contributed by atoms with Gasteiger partial charge in [0.2, 0.25) is 0 Å². The minimum atomic E-state index is -0.492. The molecule has 0 aromatic carbocycles. The Labute approximate surface area is 80.9 Å². The van der Waals surface area contributed by atoms with Gasteiger partial charge >= 0.3 is 0 Å². The average molecular weight is 195 g/mol. The van der Waals surface area contributed by atoms with Gasteiger partial charge < -0.3 is 4.74 Å². The molecule has 1 aromatic rings. The summed E-state index contributed by atoms with van der Waals surface area (Å²) in [5, 5.41) is 0. The summed E-state index contributed by atoms with van der Waals surface area (Å²) in [5.74, 6) is -0.756. The lowest BCUT2D eigenvalue weighted by atomic mass is 10.00. The summed E-state index contributed by atoms with van der Waals surface area (Å²) in [4.78, 5) is 15.0. The van der Waals surface area contributed by atoms with Crippen molar-refractivity contribution in [1.82, 2.24) is 4.98 Å². The number of hydrogen-bond acceptors (Lipinski definition) is 3. The van der Waals surface area contributed by atoms with E-state index < -0.39 is 5.82 Å². The maximum absolute atomic E-state index is 13.7. The first-order valence-electron chi connectivity index (χ1n) is 4.43. The van der Waals surface area contributed by atoms with Crippen molar-refractivity contribution in [3.63, 3.8) is 0 Å². The van der Waals surface area contributed by atoms with Crippen LogP contribution >= 0.6 is 0 Å². The van der Waals surface area contributed by atoms with Crippen molar-refractivity contribution < 1.29 is 13.9 Å². The first kappa shape index (κ1) is 9.27. The van der Waals surface area contributed by atoms with Crippen LogP contribution in [0.1, 0.15) is 28.9 Å². The number of carbonyl (C=O) groups is 1. The Bertz CT molecular complexity index is 374. The standard InChI is InChI=1S/C10H10FNO2/c1-6(13)8-2-3-12-10(9(8)11)7-4-14-5-7/h2-3,7H,4-5H2,1H3. The molecule has 1 saturated heterocycles. The molecule has 2 rings (SSSR count). The van der Waals surface area contributed by atoms with Crippen LogP contribution in [-0.4, -0.2) is 24.0 Å². The van der Waals surface area contributed by atoms with Crippen molar-refractivity contribution in [1.29, 1.82) is 0 Å². The van der Waals surface area contributed by atoms with Crippen molar-refractivity contribution in [3.8, 4) is 0 Å². The molecular weight excluding hydrogens is 185 g/mol. The second kappa shape index (κ2) is 3.46. The highest BCUT2D eigenvalue weighted by molar-refractivity contribution is 5.94. The quantitative estimate of drug-likeness (QED) is 0.672. The Morgan fingerprint density at radius 1 is 1.64 bits per heavy atom. The number of rotatable bonds is 2. The van der Waals surface area contributed by atoms with Crippen molar-refractivity contribution >= 4 is 5.78 Å². The Morgan fingerprint density at radius 2 is 2.36 bits per heavy atom. The molecule has 0 unspecified atom stereocenters. The van der Waals surface area contributed by atoms with Gasteiger partial charge in [-0.25, -0.2) is 4.39 Å². The van der Waals surface area contributed by atoms with Crippen LogP contribution in [0.15, 0.2) is 12.3 Å². The fourth-order valence-electron chi connectivity index (χ4n) is 1.41. The summed E-state index contributed by atoms with van der Waals surface area (Å²) in [6.07, 6.45) is 1.47. The van der Waals surface area contributed by atoms with E-state index in [4.69, 9.17) is 4.74 Å². The monoisotopic (exact) mass is 195 g/mol. The van der Waals surface area contributed by atoms with Gasteiger partial charge in [0.15, 0.2) is 11.6 Å². The third-order valence-corrected chi connectivity index (χ3v) is 2.32. The molecule has 0 spiro atoms. The van der Waals surface area contributed by atoms with Crippen LogP contribution in [0.3, 0.4) is 0 Å². The maximum atomic E-state index is 13.7. The third-order valence-electron chi connectivity index (χ3n) is 2.32. The van der Waals surface area contributed by atoms with Gasteiger partial charge in [0.25, 0.3) is 0 Å². The third kappa shape index (κ3) is 1.42. The molecule has 0 bridgehead atoms. The normalized spacial score (nSPS) is 16.4. The molecule has 0 amide bonds. The molecular formula is C10H10FNO2. The van der Waals surface area contributed by atoms with E-state index in [1.54, 1.807) is 0 Å². The highest BCUT2D eigenvalue weighted by Crippen LogP contribution is 2.25. The molecule has 3 nitrogen and oxygen atoms in total. The number of pyridine rings is 1. The molecule has 2 heterocycles. The molecule has 1 fully saturated rings. The zero-order valence-electron chi connectivity index (χ0n) is 7.79. The number of halogens is 1. The van der Waals surface area contributed by atoms with Gasteiger partial charge in [-0.15, -0.1) is 0 Å². The Balaban J connectivity index is 2.40. The first-order valence-corrected chi connectivity index (χ1v) is 4.43. The molecule has 0 N–H and O–H groups in total. The van der Waals surface area contributed by atoms with Gasteiger partial charge in [0, 0.05) is 6.20 Å². The highest BCUT2D eigenvalue weighted by Gasteiger charge is 2.26. The maximum Gasteiger partial charge on any atom is 0.162 e. The van der Waals surface area contributed by atoms with Crippen LogP contribution in [-0.2, 0) is 4.74 Å². The number of hydrogen-bond donors (Lipinski definition) is 0. The number of nitrogens with zero attached hydrogens (tertiary/aromatic N) is 1. The number of carbonyl (C=O) groups excluding carboxylic acids is 1. The zero-order valence-corrected chi connectivity index (χ0v) is 7.79. The highest BCUT2D eigenvalue weighted by atomic mass is 19.1. The van der Waals surface area contributed by atoms with E-state index in [0.29, 0.717) is 18.9 Å². The molecule has 1 aromatic heterocycles. The summed E-state index contributed by atoms with van der Waals surface area (Å²) >= 11 is 0. The van der Waals surface area contributed by atoms with Gasteiger partial charge in [-0.1, -0.05) is 0 Å². The van der Waals surface area contributed by atoms with Crippen LogP contribution in [0.5, 0.6) is 0 Å². The zero-order chi connectivity index (χ0) is 10.1. The number of aromatic nitrogens is 1. The smallest absolute Gasteiger partial charge is 0.162 e. The lowest BCUT2D eigenvalue weighted by Crippen LogP contribution is -2.27. The molecule has 14 heavy (non-hydrogen) atoms. The fraction of sp³-hybridized carbons (Fsp3) is 0.400. The largest absolute Gasteiger partial charge is 0.380 e. The van der Waals surface area contributed by atoms with Crippen molar-refractivity contribution in [2.24, 2.45) is 0 Å². The lowest BCUT2D eigenvalue weighted by molar-refractivity contribution is 0.00513. The molecule has 0 radical (unpaired) electrons. The molecule has 1 aliphatic heterocycles. The molecule has 0 saturated carbocycles. The van der Waals surface area contributed by atoms with Crippen molar-refractivity contribution in [2.75, 3.05) is 13.2 Å². The number of Topliss-reactive ketones (excluding diaryl/α,β-unsaturated/α-hetero) is 1. The molecule has 0 aliphatic carbocycles. The Morgan fingerprint density at radius 3 is 2.86 bits per heavy atom. The van der Waals surface area contributed by atoms with E-state index in [0.717, 1.165) is 0 Å².